The third kappa shape index (κ3) is 2.30. The van der Waals surface area contributed by atoms with Crippen LogP contribution in [-0.2, 0) is 0 Å². The lowest BCUT2D eigenvalue weighted by Gasteiger charge is -2.22. The number of carbonyl (C=O) groups is 1. The van der Waals surface area contributed by atoms with E-state index in [-0.39, 0.29) is 16.7 Å². The quantitative estimate of drug-likeness (QED) is 0.739. The zero-order valence-electron chi connectivity index (χ0n) is 9.96. The Labute approximate surface area is 99.2 Å². The Kier molecular flexibility index (Phi) is 2.89. The molecule has 1 saturated heterocycles. The van der Waals surface area contributed by atoms with Gasteiger partial charge in [-0.25, -0.2) is 8.78 Å². The first kappa shape index (κ1) is 12.0. The van der Waals surface area contributed by atoms with Crippen LogP contribution in [0.25, 0.3) is 0 Å². The molecule has 0 aromatic heterocycles. The Balaban J connectivity index is 2.37. The summed E-state index contributed by atoms with van der Waals surface area (Å²) < 4.78 is 27.5. The average Bonchev–Trinajstić information content (AvgIpc) is 2.57. The predicted molar refractivity (Wildman–Crippen MR) is 62.4 cm³/mol. The van der Waals surface area contributed by atoms with Gasteiger partial charge in [0.1, 0.15) is 23.6 Å². The van der Waals surface area contributed by atoms with Crippen LogP contribution in [0.3, 0.4) is 0 Å². The Bertz CT molecular complexity index is 434. The molecule has 4 heteroatoms. The molecule has 0 amide bonds. The van der Waals surface area contributed by atoms with Crippen molar-refractivity contribution in [3.8, 4) is 0 Å². The second-order valence-corrected chi connectivity index (χ2v) is 5.29. The number of aldehydes is 1. The summed E-state index contributed by atoms with van der Waals surface area (Å²) in [6, 6.07) is 2.16. The third-order valence-corrected chi connectivity index (χ3v) is 3.17. The molecule has 1 aliphatic heterocycles. The van der Waals surface area contributed by atoms with Crippen molar-refractivity contribution in [3.63, 3.8) is 0 Å². The maximum Gasteiger partial charge on any atom is 0.150 e. The summed E-state index contributed by atoms with van der Waals surface area (Å²) in [6.45, 7) is 5.41. The van der Waals surface area contributed by atoms with Crippen LogP contribution >= 0.6 is 0 Å². The molecule has 2 nitrogen and oxygen atoms in total. The van der Waals surface area contributed by atoms with Crippen LogP contribution < -0.4 is 4.90 Å². The summed E-state index contributed by atoms with van der Waals surface area (Å²) in [5.41, 5.74) is 0.0887. The number of rotatable bonds is 2. The number of anilines is 1. The molecule has 1 aromatic carbocycles. The number of carbonyl (C=O) groups excluding carboxylic acids is 1. The van der Waals surface area contributed by atoms with Crippen molar-refractivity contribution in [1.82, 2.24) is 0 Å². The number of hydrogen-bond donors (Lipinski definition) is 0. The van der Waals surface area contributed by atoms with Gasteiger partial charge in [-0.05, 0) is 24.0 Å². The van der Waals surface area contributed by atoms with E-state index in [0.29, 0.717) is 19.4 Å². The normalized spacial score (nSPS) is 18.5. The number of nitrogens with zero attached hydrogens (tertiary/aromatic N) is 1. The van der Waals surface area contributed by atoms with Crippen molar-refractivity contribution >= 4 is 12.0 Å². The van der Waals surface area contributed by atoms with E-state index in [1.54, 1.807) is 4.90 Å². The summed E-state index contributed by atoms with van der Waals surface area (Å²) in [5, 5.41) is 0. The second kappa shape index (κ2) is 4.09. The van der Waals surface area contributed by atoms with E-state index in [1.807, 2.05) is 0 Å². The van der Waals surface area contributed by atoms with E-state index in [2.05, 4.69) is 13.8 Å². The summed E-state index contributed by atoms with van der Waals surface area (Å²) in [4.78, 5) is 12.2. The Hall–Kier alpha value is -1.45. The van der Waals surface area contributed by atoms with Gasteiger partial charge in [0.2, 0.25) is 0 Å². The minimum atomic E-state index is -0.662. The zero-order valence-corrected chi connectivity index (χ0v) is 9.96. The lowest BCUT2D eigenvalue weighted by Crippen LogP contribution is -2.24. The molecule has 92 valence electrons. The first-order valence-corrected chi connectivity index (χ1v) is 5.62. The van der Waals surface area contributed by atoms with Crippen molar-refractivity contribution < 1.29 is 13.6 Å². The second-order valence-electron chi connectivity index (χ2n) is 5.29. The highest BCUT2D eigenvalue weighted by molar-refractivity contribution is 5.76. The van der Waals surface area contributed by atoms with Crippen molar-refractivity contribution in [2.75, 3.05) is 18.0 Å². The number of benzene rings is 1. The van der Waals surface area contributed by atoms with Gasteiger partial charge < -0.3 is 4.90 Å². The first-order chi connectivity index (χ1) is 7.93. The molecule has 0 N–H and O–H groups in total. The summed E-state index contributed by atoms with van der Waals surface area (Å²) in [6.07, 6.45) is 1.35. The van der Waals surface area contributed by atoms with Gasteiger partial charge in [0, 0.05) is 18.7 Å². The molecule has 2 rings (SSSR count). The van der Waals surface area contributed by atoms with Crippen molar-refractivity contribution in [3.05, 3.63) is 29.3 Å². The molecule has 0 aliphatic carbocycles. The fourth-order valence-corrected chi connectivity index (χ4v) is 2.26. The molecule has 1 fully saturated rings. The van der Waals surface area contributed by atoms with Crippen LogP contribution in [0.1, 0.15) is 30.6 Å². The van der Waals surface area contributed by atoms with Gasteiger partial charge in [-0.1, -0.05) is 13.8 Å². The Morgan fingerprint density at radius 2 is 1.88 bits per heavy atom. The molecule has 17 heavy (non-hydrogen) atoms. The molecular weight excluding hydrogens is 224 g/mol. The lowest BCUT2D eigenvalue weighted by atomic mass is 9.93. The maximum atomic E-state index is 13.8. The minimum absolute atomic E-state index is 0.0128. The number of hydrogen-bond acceptors (Lipinski definition) is 2. The van der Waals surface area contributed by atoms with E-state index in [0.717, 1.165) is 18.6 Å². The standard InChI is InChI=1S/C13H15F2NO/c1-13(2)3-4-16(8-13)12-10(14)5-9(7-17)6-11(12)15/h5-7H,3-4,8H2,1-2H3. The van der Waals surface area contributed by atoms with Crippen LogP contribution in [0.2, 0.25) is 0 Å². The Morgan fingerprint density at radius 1 is 1.29 bits per heavy atom. The molecule has 1 aromatic rings. The van der Waals surface area contributed by atoms with Gasteiger partial charge in [-0.15, -0.1) is 0 Å². The predicted octanol–water partition coefficient (Wildman–Crippen LogP) is 3.01. The molecular formula is C13H15F2NO. The molecule has 0 atom stereocenters. The average molecular weight is 239 g/mol. The highest BCUT2D eigenvalue weighted by atomic mass is 19.1. The molecule has 0 bridgehead atoms. The van der Waals surface area contributed by atoms with Crippen molar-refractivity contribution in [2.24, 2.45) is 5.41 Å². The van der Waals surface area contributed by atoms with Crippen molar-refractivity contribution in [2.45, 2.75) is 20.3 Å². The molecule has 0 saturated carbocycles. The zero-order chi connectivity index (χ0) is 12.6. The molecule has 1 aliphatic rings. The smallest absolute Gasteiger partial charge is 0.150 e. The van der Waals surface area contributed by atoms with Gasteiger partial charge in [0.05, 0.1) is 0 Å². The first-order valence-electron chi connectivity index (χ1n) is 5.62. The van der Waals surface area contributed by atoms with Gasteiger partial charge >= 0.3 is 0 Å². The van der Waals surface area contributed by atoms with Crippen LogP contribution in [0, 0.1) is 17.0 Å². The van der Waals surface area contributed by atoms with Crippen molar-refractivity contribution in [1.29, 1.82) is 0 Å². The van der Waals surface area contributed by atoms with Crippen LogP contribution in [0.4, 0.5) is 14.5 Å². The van der Waals surface area contributed by atoms with E-state index >= 15 is 0 Å². The lowest BCUT2D eigenvalue weighted by molar-refractivity contribution is 0.112. The van der Waals surface area contributed by atoms with E-state index in [1.165, 1.54) is 0 Å². The van der Waals surface area contributed by atoms with Gasteiger partial charge in [-0.3, -0.25) is 4.79 Å². The SMILES string of the molecule is CC1(C)CCN(c2c(F)cc(C=O)cc2F)C1. The monoisotopic (exact) mass is 239 g/mol. The largest absolute Gasteiger partial charge is 0.366 e. The highest BCUT2D eigenvalue weighted by Crippen LogP contribution is 2.35. The molecule has 1 heterocycles. The fraction of sp³-hybridized carbons (Fsp3) is 0.462. The van der Waals surface area contributed by atoms with Crippen LogP contribution in [0.15, 0.2) is 12.1 Å². The molecule has 0 unspecified atom stereocenters. The topological polar surface area (TPSA) is 20.3 Å². The van der Waals surface area contributed by atoms with E-state index < -0.39 is 11.6 Å². The minimum Gasteiger partial charge on any atom is -0.366 e. The van der Waals surface area contributed by atoms with Crippen LogP contribution in [-0.4, -0.2) is 19.4 Å². The third-order valence-electron chi connectivity index (χ3n) is 3.17. The summed E-state index contributed by atoms with van der Waals surface area (Å²) in [5.74, 6) is -1.32. The highest BCUT2D eigenvalue weighted by Gasteiger charge is 2.32. The van der Waals surface area contributed by atoms with Gasteiger partial charge in [0.25, 0.3) is 0 Å². The molecule has 0 spiro atoms. The maximum absolute atomic E-state index is 13.8. The van der Waals surface area contributed by atoms with Gasteiger partial charge in [-0.2, -0.15) is 0 Å². The Morgan fingerprint density at radius 3 is 2.29 bits per heavy atom. The summed E-state index contributed by atoms with van der Waals surface area (Å²) >= 11 is 0. The van der Waals surface area contributed by atoms with Crippen LogP contribution in [0.5, 0.6) is 0 Å². The fourth-order valence-electron chi connectivity index (χ4n) is 2.26. The van der Waals surface area contributed by atoms with E-state index in [4.69, 9.17) is 0 Å². The van der Waals surface area contributed by atoms with E-state index in [9.17, 15) is 13.6 Å². The summed E-state index contributed by atoms with van der Waals surface area (Å²) in [7, 11) is 0. The number of halogens is 2. The molecule has 0 radical (unpaired) electrons. The van der Waals surface area contributed by atoms with Gasteiger partial charge in [0.15, 0.2) is 0 Å².